The Morgan fingerprint density at radius 3 is 2.46 bits per heavy atom. The molecule has 6 heteroatoms. The zero-order valence-corrected chi connectivity index (χ0v) is 15.2. The summed E-state index contributed by atoms with van der Waals surface area (Å²) in [6.07, 6.45) is 1.64. The molecule has 2 saturated heterocycles. The lowest BCUT2D eigenvalue weighted by molar-refractivity contribution is -0.128. The lowest BCUT2D eigenvalue weighted by atomic mass is 9.92. The van der Waals surface area contributed by atoms with E-state index in [0.717, 1.165) is 31.7 Å². The molecule has 0 aromatic carbocycles. The van der Waals surface area contributed by atoms with Crippen LogP contribution in [0.1, 0.15) is 39.3 Å². The summed E-state index contributed by atoms with van der Waals surface area (Å²) in [6, 6.07) is 3.81. The first-order valence-electron chi connectivity index (χ1n) is 8.80. The van der Waals surface area contributed by atoms with Crippen LogP contribution in [0.3, 0.4) is 0 Å². The maximum Gasteiger partial charge on any atom is 0.266 e. The number of aromatic nitrogens is 2. The molecule has 24 heavy (non-hydrogen) atoms. The van der Waals surface area contributed by atoms with Gasteiger partial charge in [-0.1, -0.05) is 20.8 Å². The number of amides is 1. The van der Waals surface area contributed by atoms with E-state index in [2.05, 4.69) is 30.8 Å². The predicted octanol–water partition coefficient (Wildman–Crippen LogP) is 1.09. The number of nitrogens with zero attached hydrogens (tertiary/aromatic N) is 4. The van der Waals surface area contributed by atoms with Gasteiger partial charge in [0.25, 0.3) is 5.56 Å². The molecule has 0 spiro atoms. The summed E-state index contributed by atoms with van der Waals surface area (Å²) < 4.78 is 1.62. The van der Waals surface area contributed by atoms with Crippen LogP contribution >= 0.6 is 0 Å². The van der Waals surface area contributed by atoms with Crippen LogP contribution in [0.25, 0.3) is 0 Å². The molecule has 2 fully saturated rings. The van der Waals surface area contributed by atoms with Gasteiger partial charge in [0.15, 0.2) is 0 Å². The fourth-order valence-corrected chi connectivity index (χ4v) is 3.54. The van der Waals surface area contributed by atoms with Crippen LogP contribution in [0.2, 0.25) is 0 Å². The molecule has 1 atom stereocenters. The summed E-state index contributed by atoms with van der Waals surface area (Å²) in [6.45, 7) is 9.90. The first kappa shape index (κ1) is 17.1. The maximum atomic E-state index is 12.1. The van der Waals surface area contributed by atoms with Crippen LogP contribution in [0.4, 0.5) is 0 Å². The standard InChI is InChI=1S/C18H28N4O2/c1-18(2,3)15-6-8-17(24)22(19-15)11-13-9-21(10-13)12-14-5-7-16(23)20(14)4/h6,8,13-14H,5,7,9-12H2,1-4H3. The second-order valence-corrected chi connectivity index (χ2v) is 8.27. The fraction of sp³-hybridized carbons (Fsp3) is 0.722. The van der Waals surface area contributed by atoms with Crippen molar-refractivity contribution in [2.45, 2.75) is 51.6 Å². The molecule has 1 aromatic heterocycles. The molecular formula is C18H28N4O2. The second-order valence-electron chi connectivity index (χ2n) is 8.27. The van der Waals surface area contributed by atoms with Gasteiger partial charge < -0.3 is 9.80 Å². The first-order chi connectivity index (χ1) is 11.2. The topological polar surface area (TPSA) is 58.4 Å². The molecule has 1 amide bonds. The van der Waals surface area contributed by atoms with Crippen molar-refractivity contribution in [2.24, 2.45) is 5.92 Å². The van der Waals surface area contributed by atoms with Gasteiger partial charge in [-0.2, -0.15) is 5.10 Å². The van der Waals surface area contributed by atoms with Gasteiger partial charge in [0.1, 0.15) is 0 Å². The molecule has 0 bridgehead atoms. The van der Waals surface area contributed by atoms with E-state index < -0.39 is 0 Å². The molecule has 3 heterocycles. The highest BCUT2D eigenvalue weighted by atomic mass is 16.2. The summed E-state index contributed by atoms with van der Waals surface area (Å²) in [5.74, 6) is 0.722. The summed E-state index contributed by atoms with van der Waals surface area (Å²) in [4.78, 5) is 27.9. The number of hydrogen-bond donors (Lipinski definition) is 0. The largest absolute Gasteiger partial charge is 0.341 e. The van der Waals surface area contributed by atoms with Gasteiger partial charge in [0.2, 0.25) is 5.91 Å². The van der Waals surface area contributed by atoms with Gasteiger partial charge in [-0.05, 0) is 12.5 Å². The van der Waals surface area contributed by atoms with Crippen molar-refractivity contribution >= 4 is 5.91 Å². The molecule has 0 saturated carbocycles. The molecule has 132 valence electrons. The van der Waals surface area contributed by atoms with Crippen molar-refractivity contribution in [2.75, 3.05) is 26.7 Å². The highest BCUT2D eigenvalue weighted by molar-refractivity contribution is 5.78. The lowest BCUT2D eigenvalue weighted by Crippen LogP contribution is -2.53. The SMILES string of the molecule is CN1C(=O)CCC1CN1CC(Cn2nc(C(C)(C)C)ccc2=O)C1. The molecule has 1 unspecified atom stereocenters. The Morgan fingerprint density at radius 2 is 1.88 bits per heavy atom. The van der Waals surface area contributed by atoms with E-state index in [-0.39, 0.29) is 16.9 Å². The Balaban J connectivity index is 1.54. The maximum absolute atomic E-state index is 12.1. The van der Waals surface area contributed by atoms with E-state index in [1.807, 2.05) is 18.0 Å². The normalized spacial score (nSPS) is 22.9. The minimum Gasteiger partial charge on any atom is -0.341 e. The van der Waals surface area contributed by atoms with Crippen molar-refractivity contribution in [3.05, 3.63) is 28.2 Å². The third kappa shape index (κ3) is 3.53. The summed E-state index contributed by atoms with van der Waals surface area (Å²) >= 11 is 0. The van der Waals surface area contributed by atoms with Crippen LogP contribution in [0, 0.1) is 5.92 Å². The number of likely N-dealkylation sites (N-methyl/N-ethyl adjacent to an activating group) is 1. The van der Waals surface area contributed by atoms with Gasteiger partial charge in [-0.3, -0.25) is 9.59 Å². The van der Waals surface area contributed by atoms with E-state index >= 15 is 0 Å². The molecule has 0 aliphatic carbocycles. The number of carbonyl (C=O) groups excluding carboxylic acids is 1. The summed E-state index contributed by atoms with van der Waals surface area (Å²) in [5, 5.41) is 4.55. The smallest absolute Gasteiger partial charge is 0.266 e. The summed E-state index contributed by atoms with van der Waals surface area (Å²) in [7, 11) is 1.90. The van der Waals surface area contributed by atoms with Gasteiger partial charge in [-0.15, -0.1) is 0 Å². The van der Waals surface area contributed by atoms with Gasteiger partial charge >= 0.3 is 0 Å². The van der Waals surface area contributed by atoms with E-state index in [4.69, 9.17) is 0 Å². The molecule has 2 aliphatic rings. The number of carbonyl (C=O) groups is 1. The van der Waals surface area contributed by atoms with Crippen LogP contribution in [0.15, 0.2) is 16.9 Å². The molecule has 1 aromatic rings. The highest BCUT2D eigenvalue weighted by Crippen LogP contribution is 2.23. The molecular weight excluding hydrogens is 304 g/mol. The van der Waals surface area contributed by atoms with Crippen molar-refractivity contribution in [1.82, 2.24) is 19.6 Å². The predicted molar refractivity (Wildman–Crippen MR) is 92.9 cm³/mol. The highest BCUT2D eigenvalue weighted by Gasteiger charge is 2.34. The molecule has 0 radical (unpaired) electrons. The monoisotopic (exact) mass is 332 g/mol. The fourth-order valence-electron chi connectivity index (χ4n) is 3.54. The van der Waals surface area contributed by atoms with Gasteiger partial charge in [0, 0.05) is 56.5 Å². The quantitative estimate of drug-likeness (QED) is 0.828. The van der Waals surface area contributed by atoms with Crippen LogP contribution in [0.5, 0.6) is 0 Å². The first-order valence-corrected chi connectivity index (χ1v) is 8.80. The van der Waals surface area contributed by atoms with Crippen LogP contribution in [-0.4, -0.2) is 58.2 Å². The van der Waals surface area contributed by atoms with Crippen LogP contribution < -0.4 is 5.56 Å². The second kappa shape index (κ2) is 6.31. The Kier molecular flexibility index (Phi) is 4.51. The molecule has 6 nitrogen and oxygen atoms in total. The number of likely N-dealkylation sites (tertiary alicyclic amines) is 2. The van der Waals surface area contributed by atoms with Crippen molar-refractivity contribution in [3.8, 4) is 0 Å². The van der Waals surface area contributed by atoms with E-state index in [1.165, 1.54) is 0 Å². The van der Waals surface area contributed by atoms with E-state index in [0.29, 0.717) is 24.9 Å². The van der Waals surface area contributed by atoms with Crippen molar-refractivity contribution < 1.29 is 4.79 Å². The van der Waals surface area contributed by atoms with E-state index in [1.54, 1.807) is 10.7 Å². The Hall–Kier alpha value is -1.69. The minimum atomic E-state index is -0.0549. The molecule has 2 aliphatic heterocycles. The van der Waals surface area contributed by atoms with Crippen LogP contribution in [-0.2, 0) is 16.8 Å². The van der Waals surface area contributed by atoms with Gasteiger partial charge in [-0.25, -0.2) is 4.68 Å². The van der Waals surface area contributed by atoms with Gasteiger partial charge in [0.05, 0.1) is 12.2 Å². The lowest BCUT2D eigenvalue weighted by Gasteiger charge is -2.41. The Labute approximate surface area is 143 Å². The third-order valence-corrected chi connectivity index (χ3v) is 5.20. The summed E-state index contributed by atoms with van der Waals surface area (Å²) in [5.41, 5.74) is 0.868. The number of hydrogen-bond acceptors (Lipinski definition) is 4. The van der Waals surface area contributed by atoms with E-state index in [9.17, 15) is 9.59 Å². The molecule has 3 rings (SSSR count). The van der Waals surface area contributed by atoms with Crippen molar-refractivity contribution in [3.63, 3.8) is 0 Å². The average Bonchev–Trinajstić information content (AvgIpc) is 2.77. The Bertz CT molecular complexity index is 670. The number of rotatable bonds is 4. The Morgan fingerprint density at radius 1 is 1.17 bits per heavy atom. The minimum absolute atomic E-state index is 0.0254. The zero-order chi connectivity index (χ0) is 17.5. The molecule has 0 N–H and O–H groups in total. The zero-order valence-electron chi connectivity index (χ0n) is 15.2. The third-order valence-electron chi connectivity index (χ3n) is 5.20. The van der Waals surface area contributed by atoms with Crippen molar-refractivity contribution in [1.29, 1.82) is 0 Å². The average molecular weight is 332 g/mol.